The van der Waals surface area contributed by atoms with Crippen molar-refractivity contribution < 1.29 is 19.4 Å². The van der Waals surface area contributed by atoms with Crippen LogP contribution in [0.2, 0.25) is 0 Å². The van der Waals surface area contributed by atoms with E-state index in [4.69, 9.17) is 4.74 Å². The first kappa shape index (κ1) is 11.2. The van der Waals surface area contributed by atoms with Crippen LogP contribution in [0.3, 0.4) is 0 Å². The van der Waals surface area contributed by atoms with Crippen LogP contribution in [0.25, 0.3) is 0 Å². The Morgan fingerprint density at radius 2 is 2.00 bits per heavy atom. The molecule has 0 unspecified atom stereocenters. The molecule has 1 saturated heterocycles. The second kappa shape index (κ2) is 3.69. The van der Waals surface area contributed by atoms with E-state index in [9.17, 15) is 14.7 Å². The summed E-state index contributed by atoms with van der Waals surface area (Å²) in [7, 11) is 0. The number of Topliss-reactive ketones (excluding diaryl/α,β-unsaturated/α-hetero) is 1. The summed E-state index contributed by atoms with van der Waals surface area (Å²) in [6.45, 7) is 4.92. The van der Waals surface area contributed by atoms with Crippen molar-refractivity contribution in [1.82, 2.24) is 0 Å². The number of rotatable bonds is 2. The molecule has 1 aliphatic rings. The Kier molecular flexibility index (Phi) is 2.95. The minimum absolute atomic E-state index is 0.378. The highest BCUT2D eigenvalue weighted by Gasteiger charge is 2.49. The molecule has 0 amide bonds. The summed E-state index contributed by atoms with van der Waals surface area (Å²) < 4.78 is 4.98. The van der Waals surface area contributed by atoms with Crippen molar-refractivity contribution in [3.8, 4) is 0 Å². The maximum atomic E-state index is 11.5. The van der Waals surface area contributed by atoms with Crippen molar-refractivity contribution in [3.63, 3.8) is 0 Å². The Labute approximate surface area is 83.2 Å². The molecular weight excluding hydrogens is 184 g/mol. The van der Waals surface area contributed by atoms with Gasteiger partial charge in [0.05, 0.1) is 5.41 Å². The standard InChI is InChI=1S/C10H16O4/c1-4-5-6-7(11)8(12)10(2,3)9(13)14-6/h6,8,12H,4-5H2,1-3H3/t6-,8+/m0/s1. The molecule has 2 atom stereocenters. The van der Waals surface area contributed by atoms with Crippen molar-refractivity contribution in [2.75, 3.05) is 0 Å². The van der Waals surface area contributed by atoms with Crippen LogP contribution < -0.4 is 0 Å². The van der Waals surface area contributed by atoms with Gasteiger partial charge in [-0.2, -0.15) is 0 Å². The molecule has 0 aromatic heterocycles. The lowest BCUT2D eigenvalue weighted by Gasteiger charge is -2.35. The molecule has 1 fully saturated rings. The zero-order valence-electron chi connectivity index (χ0n) is 8.74. The molecule has 80 valence electrons. The van der Waals surface area contributed by atoms with E-state index in [0.29, 0.717) is 6.42 Å². The first-order valence-electron chi connectivity index (χ1n) is 4.84. The van der Waals surface area contributed by atoms with Gasteiger partial charge in [0.1, 0.15) is 6.10 Å². The second-order valence-corrected chi connectivity index (χ2v) is 4.21. The number of ether oxygens (including phenoxy) is 1. The fourth-order valence-electron chi connectivity index (χ4n) is 1.45. The average molecular weight is 200 g/mol. The second-order valence-electron chi connectivity index (χ2n) is 4.21. The smallest absolute Gasteiger partial charge is 0.315 e. The highest BCUT2D eigenvalue weighted by molar-refractivity contribution is 5.98. The topological polar surface area (TPSA) is 63.6 Å². The molecule has 1 rings (SSSR count). The molecule has 0 aromatic carbocycles. The molecule has 1 heterocycles. The molecular formula is C10H16O4. The van der Waals surface area contributed by atoms with Gasteiger partial charge in [0.15, 0.2) is 6.10 Å². The zero-order valence-corrected chi connectivity index (χ0v) is 8.74. The Morgan fingerprint density at radius 3 is 2.50 bits per heavy atom. The number of aliphatic hydroxyl groups is 1. The molecule has 0 aromatic rings. The van der Waals surface area contributed by atoms with Crippen LogP contribution in [-0.4, -0.2) is 29.1 Å². The fourth-order valence-corrected chi connectivity index (χ4v) is 1.45. The van der Waals surface area contributed by atoms with Crippen LogP contribution in [0.5, 0.6) is 0 Å². The van der Waals surface area contributed by atoms with Gasteiger partial charge in [-0.3, -0.25) is 9.59 Å². The van der Waals surface area contributed by atoms with E-state index in [2.05, 4.69) is 0 Å². The van der Waals surface area contributed by atoms with Crippen molar-refractivity contribution >= 4 is 11.8 Å². The van der Waals surface area contributed by atoms with Gasteiger partial charge >= 0.3 is 5.97 Å². The first-order valence-corrected chi connectivity index (χ1v) is 4.84. The van der Waals surface area contributed by atoms with Crippen LogP contribution in [0.15, 0.2) is 0 Å². The van der Waals surface area contributed by atoms with Gasteiger partial charge in [-0.1, -0.05) is 13.3 Å². The average Bonchev–Trinajstić information content (AvgIpc) is 2.12. The number of carbonyl (C=O) groups excluding carboxylic acids is 2. The predicted molar refractivity (Wildman–Crippen MR) is 49.6 cm³/mol. The van der Waals surface area contributed by atoms with E-state index < -0.39 is 23.6 Å². The Hall–Kier alpha value is -0.900. The number of carbonyl (C=O) groups is 2. The van der Waals surface area contributed by atoms with Crippen molar-refractivity contribution in [3.05, 3.63) is 0 Å². The third kappa shape index (κ3) is 1.66. The van der Waals surface area contributed by atoms with Gasteiger partial charge in [0.25, 0.3) is 0 Å². The molecule has 1 N–H and O–H groups in total. The van der Waals surface area contributed by atoms with Crippen LogP contribution in [0.4, 0.5) is 0 Å². The highest BCUT2D eigenvalue weighted by Crippen LogP contribution is 2.30. The summed E-state index contributed by atoms with van der Waals surface area (Å²) in [4.78, 5) is 23.0. The number of hydrogen-bond donors (Lipinski definition) is 1. The van der Waals surface area contributed by atoms with E-state index in [1.807, 2.05) is 6.92 Å². The van der Waals surface area contributed by atoms with Crippen LogP contribution in [-0.2, 0) is 14.3 Å². The first-order chi connectivity index (χ1) is 6.41. The number of cyclic esters (lactones) is 1. The van der Waals surface area contributed by atoms with Crippen molar-refractivity contribution in [2.45, 2.75) is 45.8 Å². The molecule has 0 aliphatic carbocycles. The van der Waals surface area contributed by atoms with Crippen LogP contribution in [0, 0.1) is 5.41 Å². The molecule has 0 spiro atoms. The highest BCUT2D eigenvalue weighted by atomic mass is 16.6. The Balaban J connectivity index is 2.84. The molecule has 4 heteroatoms. The largest absolute Gasteiger partial charge is 0.454 e. The van der Waals surface area contributed by atoms with Gasteiger partial charge in [-0.25, -0.2) is 0 Å². The zero-order chi connectivity index (χ0) is 10.9. The van der Waals surface area contributed by atoms with Gasteiger partial charge in [0.2, 0.25) is 5.78 Å². The van der Waals surface area contributed by atoms with Crippen molar-refractivity contribution in [1.29, 1.82) is 0 Å². The van der Waals surface area contributed by atoms with E-state index in [1.165, 1.54) is 13.8 Å². The molecule has 0 saturated carbocycles. The van der Waals surface area contributed by atoms with Gasteiger partial charge < -0.3 is 9.84 Å². The monoisotopic (exact) mass is 200 g/mol. The summed E-state index contributed by atoms with van der Waals surface area (Å²) in [6.07, 6.45) is -0.759. The summed E-state index contributed by atoms with van der Waals surface area (Å²) in [5, 5.41) is 9.62. The maximum absolute atomic E-state index is 11.5. The third-order valence-corrected chi connectivity index (χ3v) is 2.60. The molecule has 1 aliphatic heterocycles. The summed E-state index contributed by atoms with van der Waals surface area (Å²) in [5.74, 6) is -0.875. The predicted octanol–water partition coefficient (Wildman–Crippen LogP) is 0.668. The SMILES string of the molecule is CCC[C@@H]1OC(=O)C(C)(C)[C@H](O)C1=O. The van der Waals surface area contributed by atoms with Crippen molar-refractivity contribution in [2.24, 2.45) is 5.41 Å². The van der Waals surface area contributed by atoms with Gasteiger partial charge in [-0.05, 0) is 20.3 Å². The lowest BCUT2D eigenvalue weighted by molar-refractivity contribution is -0.186. The minimum atomic E-state index is -1.24. The quantitative estimate of drug-likeness (QED) is 0.665. The fraction of sp³-hybridized carbons (Fsp3) is 0.800. The van der Waals surface area contributed by atoms with E-state index in [-0.39, 0.29) is 5.78 Å². The number of hydrogen-bond acceptors (Lipinski definition) is 4. The van der Waals surface area contributed by atoms with E-state index in [1.54, 1.807) is 0 Å². The number of esters is 1. The van der Waals surface area contributed by atoms with E-state index >= 15 is 0 Å². The normalized spacial score (nSPS) is 31.4. The summed E-state index contributed by atoms with van der Waals surface area (Å²) >= 11 is 0. The maximum Gasteiger partial charge on any atom is 0.315 e. The molecule has 14 heavy (non-hydrogen) atoms. The molecule has 0 bridgehead atoms. The Bertz CT molecular complexity index is 257. The molecule has 0 radical (unpaired) electrons. The van der Waals surface area contributed by atoms with E-state index in [0.717, 1.165) is 6.42 Å². The van der Waals surface area contributed by atoms with Crippen LogP contribution in [0.1, 0.15) is 33.6 Å². The van der Waals surface area contributed by atoms with Crippen LogP contribution >= 0.6 is 0 Å². The van der Waals surface area contributed by atoms with Gasteiger partial charge in [-0.15, -0.1) is 0 Å². The number of aliphatic hydroxyl groups excluding tert-OH is 1. The lowest BCUT2D eigenvalue weighted by Crippen LogP contribution is -2.54. The Morgan fingerprint density at radius 1 is 1.43 bits per heavy atom. The van der Waals surface area contributed by atoms with Gasteiger partial charge in [0, 0.05) is 0 Å². The third-order valence-electron chi connectivity index (χ3n) is 2.60. The summed E-state index contributed by atoms with van der Waals surface area (Å²) in [6, 6.07) is 0. The number of ketones is 1. The summed E-state index contributed by atoms with van der Waals surface area (Å²) in [5.41, 5.74) is -1.11. The molecule has 4 nitrogen and oxygen atoms in total. The lowest BCUT2D eigenvalue weighted by atomic mass is 9.80. The minimum Gasteiger partial charge on any atom is -0.454 e.